The number of aromatic hydroxyl groups is 1. The van der Waals surface area contributed by atoms with Crippen molar-refractivity contribution in [1.82, 2.24) is 58.1 Å². The van der Waals surface area contributed by atoms with Crippen molar-refractivity contribution < 1.29 is 103 Å². The summed E-state index contributed by atoms with van der Waals surface area (Å²) in [6.45, 7) is 6.25. The molecule has 1 aliphatic heterocycles. The molecule has 14 atom stereocenters. The van der Waals surface area contributed by atoms with Crippen LogP contribution in [0.2, 0.25) is 0 Å². The van der Waals surface area contributed by atoms with Crippen LogP contribution in [0, 0.1) is 11.8 Å². The van der Waals surface area contributed by atoms with E-state index in [1.165, 1.54) is 49.9 Å². The molecule has 0 aliphatic carbocycles. The van der Waals surface area contributed by atoms with E-state index in [9.17, 15) is 103 Å². The topological polar surface area (TPSA) is 682 Å². The Morgan fingerprint density at radius 3 is 1.50 bits per heavy atom. The number of aliphatic hydroxyl groups excluding tert-OH is 2. The number of aliphatic hydroxyl groups is 2. The van der Waals surface area contributed by atoms with Gasteiger partial charge in [-0.05, 0) is 106 Å². The number of phenols is 1. The van der Waals surface area contributed by atoms with E-state index in [2.05, 4.69) is 63.2 Å². The molecule has 0 spiro atoms. The number of carboxylic acids is 3. The fraction of sp³-hybridized carbons (Fsp3) is 0.635. The van der Waals surface area contributed by atoms with Crippen LogP contribution in [0.4, 0.5) is 0 Å². The van der Waals surface area contributed by atoms with E-state index >= 15 is 0 Å². The number of rotatable bonds is 48. The fourth-order valence-electron chi connectivity index (χ4n) is 10.5. The Bertz CT molecular complexity index is 3190. The maximum Gasteiger partial charge on any atom is 0.326 e. The molecular formula is C63H103N19O21S. The summed E-state index contributed by atoms with van der Waals surface area (Å²) in [5.74, 6) is -19.2. The number of likely N-dealkylation sites (tertiary alicyclic amines) is 1. The van der Waals surface area contributed by atoms with E-state index in [1.807, 2.05) is 0 Å². The van der Waals surface area contributed by atoms with Gasteiger partial charge in [0.05, 0.1) is 31.6 Å². The molecule has 1 fully saturated rings. The number of hydrogen-bond donors (Lipinski definition) is 22. The maximum absolute atomic E-state index is 14.4. The number of hydrogen-bond acceptors (Lipinski definition) is 22. The van der Waals surface area contributed by atoms with Crippen LogP contribution in [0.5, 0.6) is 5.75 Å². The second-order valence-electron chi connectivity index (χ2n) is 25.3. The molecule has 12 amide bonds. The lowest BCUT2D eigenvalue weighted by Crippen LogP contribution is -2.62. The molecule has 0 bridgehead atoms. The highest BCUT2D eigenvalue weighted by Gasteiger charge is 2.42. The van der Waals surface area contributed by atoms with Gasteiger partial charge in [0.1, 0.15) is 72.2 Å². The van der Waals surface area contributed by atoms with Crippen LogP contribution >= 0.6 is 11.8 Å². The minimum absolute atomic E-state index is 0.0227. The number of aliphatic carboxylic acids is 3. The van der Waals surface area contributed by atoms with Crippen molar-refractivity contribution in [2.24, 2.45) is 56.2 Å². The Labute approximate surface area is 604 Å². The maximum atomic E-state index is 14.4. The van der Waals surface area contributed by atoms with E-state index in [4.69, 9.17) is 34.4 Å². The first kappa shape index (κ1) is 89.9. The van der Waals surface area contributed by atoms with Crippen molar-refractivity contribution in [3.8, 4) is 5.75 Å². The zero-order chi connectivity index (χ0) is 78.7. The normalized spacial score (nSPS) is 16.3. The number of phenolic OH excluding ortho intramolecular Hbond substituents is 1. The highest BCUT2D eigenvalue weighted by atomic mass is 32.2. The summed E-state index contributed by atoms with van der Waals surface area (Å²) in [4.78, 5) is 212. The highest BCUT2D eigenvalue weighted by molar-refractivity contribution is 7.98. The Morgan fingerprint density at radius 2 is 1.02 bits per heavy atom. The summed E-state index contributed by atoms with van der Waals surface area (Å²) in [7, 11) is 0. The third-order valence-electron chi connectivity index (χ3n) is 16.3. The summed E-state index contributed by atoms with van der Waals surface area (Å²) < 4.78 is 0. The Hall–Kier alpha value is -10.2. The lowest BCUT2D eigenvalue weighted by atomic mass is 9.96. The summed E-state index contributed by atoms with van der Waals surface area (Å²) in [5.41, 5.74) is 33.3. The number of amides is 12. The minimum atomic E-state index is -2.13. The number of carbonyl (C=O) groups excluding carboxylic acids is 12. The van der Waals surface area contributed by atoms with Gasteiger partial charge in [-0.1, -0.05) is 46.2 Å². The smallest absolute Gasteiger partial charge is 0.326 e. The number of nitrogens with two attached hydrogens (primary N) is 6. The van der Waals surface area contributed by atoms with Gasteiger partial charge < -0.3 is 123 Å². The second-order valence-corrected chi connectivity index (χ2v) is 26.3. The predicted octanol–water partition coefficient (Wildman–Crippen LogP) is -7.27. The number of carboxylic acid groups (broad SMARTS) is 3. The summed E-state index contributed by atoms with van der Waals surface area (Å²) in [6, 6.07) is -14.6. The molecule has 582 valence electrons. The third-order valence-corrected chi connectivity index (χ3v) is 16.9. The largest absolute Gasteiger partial charge is 0.508 e. The van der Waals surface area contributed by atoms with E-state index < -0.39 is 212 Å². The first-order valence-electron chi connectivity index (χ1n) is 33.6. The van der Waals surface area contributed by atoms with Gasteiger partial charge in [0.15, 0.2) is 11.9 Å². The van der Waals surface area contributed by atoms with Gasteiger partial charge in [-0.3, -0.25) is 77.1 Å². The number of primary amides is 1. The molecule has 104 heavy (non-hydrogen) atoms. The average molecular weight is 1490 g/mol. The molecule has 1 aliphatic rings. The summed E-state index contributed by atoms with van der Waals surface area (Å²) in [5, 5.41) is 84.6. The van der Waals surface area contributed by atoms with Crippen molar-refractivity contribution in [3.63, 3.8) is 0 Å². The van der Waals surface area contributed by atoms with Crippen LogP contribution in [0.3, 0.4) is 0 Å². The number of carbonyl (C=O) groups is 15. The number of nitrogens with one attached hydrogen (secondary N) is 10. The quantitative estimate of drug-likeness (QED) is 0.0164. The van der Waals surface area contributed by atoms with Gasteiger partial charge in [0, 0.05) is 32.5 Å². The first-order chi connectivity index (χ1) is 48.8. The zero-order valence-corrected chi connectivity index (χ0v) is 59.7. The molecular weight excluding hydrogens is 1390 g/mol. The molecule has 2 rings (SSSR count). The molecule has 0 radical (unpaired) electrons. The van der Waals surface area contributed by atoms with Crippen molar-refractivity contribution in [3.05, 3.63) is 29.8 Å². The lowest BCUT2D eigenvalue weighted by Gasteiger charge is -2.31. The number of thioether (sulfide) groups is 1. The predicted molar refractivity (Wildman–Crippen MR) is 375 cm³/mol. The lowest BCUT2D eigenvalue weighted by molar-refractivity contribution is -0.144. The van der Waals surface area contributed by atoms with Gasteiger partial charge in [0.25, 0.3) is 0 Å². The van der Waals surface area contributed by atoms with Crippen LogP contribution < -0.4 is 87.6 Å². The van der Waals surface area contributed by atoms with Crippen molar-refractivity contribution in [2.75, 3.05) is 38.2 Å². The van der Waals surface area contributed by atoms with Gasteiger partial charge >= 0.3 is 17.9 Å². The van der Waals surface area contributed by atoms with Gasteiger partial charge in [-0.2, -0.15) is 11.8 Å². The SMILES string of the molecule is CC[C@H](C)[C@H](NC(=O)[C@H](CCCN=C(N)N)NC(=O)[C@@H](NC(=O)[C@@H](N)CCSC)[C@@H](C)O)C(=O)N[C@@H](CCC(N)=O)C(=O)N[C@@H](CC(=O)O)C(=O)N[C@@H](CO)C(=O)N1CCC[C@H]1C(=O)N[C@@H](Cc1ccc(O)cc1)C(=O)N[C@@H](CC(=O)O)C(=O)N[C@@H](CC(C)C)C(=O)N[C@@H](CCCN=C(N)N)C(=O)O. The molecule has 0 saturated carbocycles. The summed E-state index contributed by atoms with van der Waals surface area (Å²) >= 11 is 1.41. The molecule has 0 unspecified atom stereocenters. The van der Waals surface area contributed by atoms with Gasteiger partial charge in [-0.15, -0.1) is 0 Å². The van der Waals surface area contributed by atoms with E-state index in [0.717, 1.165) is 4.90 Å². The summed E-state index contributed by atoms with van der Waals surface area (Å²) in [6.07, 6.45) is -3.56. The van der Waals surface area contributed by atoms with Crippen molar-refractivity contribution in [1.29, 1.82) is 0 Å². The molecule has 1 aromatic rings. The van der Waals surface area contributed by atoms with Crippen molar-refractivity contribution in [2.45, 2.75) is 203 Å². The van der Waals surface area contributed by atoms with Gasteiger partial charge in [0.2, 0.25) is 70.9 Å². The molecule has 40 nitrogen and oxygen atoms in total. The monoisotopic (exact) mass is 1490 g/mol. The second kappa shape index (κ2) is 45.7. The van der Waals surface area contributed by atoms with E-state index in [-0.39, 0.29) is 107 Å². The first-order valence-corrected chi connectivity index (χ1v) is 34.9. The van der Waals surface area contributed by atoms with E-state index in [0.29, 0.717) is 5.75 Å². The third kappa shape index (κ3) is 32.4. The Balaban J connectivity index is 2.50. The number of aliphatic imine (C=N–C) groups is 2. The molecule has 1 heterocycles. The van der Waals surface area contributed by atoms with Crippen molar-refractivity contribution >= 4 is 112 Å². The standard InChI is InChI=1S/C63H103N19O21S/c1-7-31(4)48(80-52(93)36(11-8-21-70-62(66)67)72-59(100)49(32(5)84)81-50(91)35(64)20-24-104-6)58(99)73-37(18-19-45(65)86)51(92)76-42(28-47(89)90)56(97)79-43(29-83)60(101)82-23-10-13-44(82)57(98)78-40(26-33-14-16-34(85)17-15-33)54(95)77-41(27-46(87)88)55(96)75-39(25-30(2)3)53(94)74-38(61(102)103)12-9-22-71-63(68)69/h14-17,30-32,35-44,48-49,83-85H,7-13,18-29,64H2,1-6H3,(H2,65,86)(H,72,100)(H,73,99)(H,74,94)(H,75,96)(H,76,92)(H,77,95)(H,78,98)(H,79,97)(H,80,93)(H,81,91)(H,87,88)(H,89,90)(H,102,103)(H4,66,67,70)(H4,68,69,71)/t31-,32+,35-,36-,37-,38-,39-,40-,41-,42-,43-,44-,48-,49-/m0/s1. The molecule has 0 aromatic heterocycles. The van der Waals surface area contributed by atoms with Crippen LogP contribution in [-0.4, -0.2) is 253 Å². The van der Waals surface area contributed by atoms with Crippen LogP contribution in [-0.2, 0) is 78.3 Å². The van der Waals surface area contributed by atoms with Crippen LogP contribution in [0.1, 0.15) is 124 Å². The number of benzene rings is 1. The highest BCUT2D eigenvalue weighted by Crippen LogP contribution is 2.21. The zero-order valence-electron chi connectivity index (χ0n) is 58.9. The van der Waals surface area contributed by atoms with Crippen LogP contribution in [0.25, 0.3) is 0 Å². The molecule has 1 aromatic carbocycles. The Morgan fingerprint density at radius 1 is 0.567 bits per heavy atom. The van der Waals surface area contributed by atoms with E-state index in [1.54, 1.807) is 27.0 Å². The number of nitrogens with zero attached hydrogens (tertiary/aromatic N) is 3. The molecule has 28 N–H and O–H groups in total. The molecule has 41 heteroatoms. The minimum Gasteiger partial charge on any atom is -0.508 e. The number of guanidine groups is 2. The Kier molecular flexibility index (Phi) is 39.6. The average Bonchev–Trinajstić information content (AvgIpc) is 1.64. The van der Waals surface area contributed by atoms with Crippen LogP contribution in [0.15, 0.2) is 34.3 Å². The molecule has 1 saturated heterocycles. The fourth-order valence-corrected chi connectivity index (χ4v) is 11.0. The van der Waals surface area contributed by atoms with Gasteiger partial charge in [-0.25, -0.2) is 4.79 Å².